The number of nitrogens with two attached hydrogens (primary N) is 1. The molecule has 0 atom stereocenters. The van der Waals surface area contributed by atoms with E-state index in [4.69, 9.17) is 10.5 Å². The first-order chi connectivity index (χ1) is 9.33. The normalized spacial score (nSPS) is 17.8. The van der Waals surface area contributed by atoms with Gasteiger partial charge >= 0.3 is 0 Å². The van der Waals surface area contributed by atoms with Crippen LogP contribution in [0, 0.1) is 0 Å². The first-order valence-corrected chi connectivity index (χ1v) is 7.41. The van der Waals surface area contributed by atoms with Crippen LogP contribution in [0.2, 0.25) is 0 Å². The summed E-state index contributed by atoms with van der Waals surface area (Å²) >= 11 is 0. The molecule has 0 radical (unpaired) electrons. The van der Waals surface area contributed by atoms with Gasteiger partial charge in [0.1, 0.15) is 5.75 Å². The Hall–Kier alpha value is -1.06. The van der Waals surface area contributed by atoms with Crippen molar-refractivity contribution in [1.29, 1.82) is 0 Å². The summed E-state index contributed by atoms with van der Waals surface area (Å²) in [4.78, 5) is 2.55. The Bertz CT molecular complexity index is 384. The smallest absolute Gasteiger partial charge is 0.123 e. The van der Waals surface area contributed by atoms with E-state index in [-0.39, 0.29) is 0 Å². The highest BCUT2D eigenvalue weighted by molar-refractivity contribution is 5.37. The van der Waals surface area contributed by atoms with Gasteiger partial charge in [-0.15, -0.1) is 0 Å². The van der Waals surface area contributed by atoms with Crippen molar-refractivity contribution in [2.75, 3.05) is 20.2 Å². The van der Waals surface area contributed by atoms with Gasteiger partial charge in [-0.3, -0.25) is 4.90 Å². The van der Waals surface area contributed by atoms with E-state index in [0.717, 1.165) is 12.3 Å². The number of nitrogens with zero attached hydrogens (tertiary/aromatic N) is 1. The van der Waals surface area contributed by atoms with E-state index in [2.05, 4.69) is 17.0 Å². The Morgan fingerprint density at radius 1 is 1.11 bits per heavy atom. The Labute approximate surface area is 116 Å². The molecule has 2 N–H and O–H groups in total. The Morgan fingerprint density at radius 3 is 2.42 bits per heavy atom. The van der Waals surface area contributed by atoms with Crippen LogP contribution in [0.3, 0.4) is 0 Å². The lowest BCUT2D eigenvalue weighted by Crippen LogP contribution is -2.27. The van der Waals surface area contributed by atoms with Gasteiger partial charge in [0, 0.05) is 18.7 Å². The molecule has 106 valence electrons. The number of methoxy groups -OCH3 is 1. The fourth-order valence-corrected chi connectivity index (χ4v) is 2.79. The van der Waals surface area contributed by atoms with E-state index in [9.17, 15) is 0 Å². The molecule has 0 amide bonds. The maximum atomic E-state index is 5.73. The molecule has 1 fully saturated rings. The van der Waals surface area contributed by atoms with E-state index in [0.29, 0.717) is 6.54 Å². The molecule has 19 heavy (non-hydrogen) atoms. The number of hydrogen-bond donors (Lipinski definition) is 1. The Morgan fingerprint density at radius 2 is 1.79 bits per heavy atom. The molecule has 3 heteroatoms. The van der Waals surface area contributed by atoms with Gasteiger partial charge < -0.3 is 10.5 Å². The average Bonchev–Trinajstić information content (AvgIpc) is 2.41. The van der Waals surface area contributed by atoms with E-state index in [1.807, 2.05) is 6.07 Å². The summed E-state index contributed by atoms with van der Waals surface area (Å²) in [7, 11) is 1.74. The quantitative estimate of drug-likeness (QED) is 0.906. The summed E-state index contributed by atoms with van der Waals surface area (Å²) < 4.78 is 5.47. The molecule has 0 aliphatic carbocycles. The summed E-state index contributed by atoms with van der Waals surface area (Å²) in [5, 5.41) is 0. The highest BCUT2D eigenvalue weighted by Crippen LogP contribution is 2.23. The van der Waals surface area contributed by atoms with Crippen molar-refractivity contribution in [3.8, 4) is 5.75 Å². The summed E-state index contributed by atoms with van der Waals surface area (Å²) in [5.41, 5.74) is 8.19. The average molecular weight is 262 g/mol. The summed E-state index contributed by atoms with van der Waals surface area (Å²) in [5.74, 6) is 0.985. The zero-order chi connectivity index (χ0) is 13.5. The number of rotatable bonds is 4. The monoisotopic (exact) mass is 262 g/mol. The molecule has 2 rings (SSSR count). The van der Waals surface area contributed by atoms with Crippen LogP contribution in [0.5, 0.6) is 5.75 Å². The molecule has 0 bridgehead atoms. The standard InChI is InChI=1S/C16H26N2O/c1-19-16-8-7-14(12-17)11-15(16)13-18-9-5-3-2-4-6-10-18/h7-8,11H,2-6,9-10,12-13,17H2,1H3. The van der Waals surface area contributed by atoms with Gasteiger partial charge in [0.2, 0.25) is 0 Å². The van der Waals surface area contributed by atoms with Crippen LogP contribution in [0.1, 0.15) is 43.2 Å². The molecule has 0 spiro atoms. The summed E-state index contributed by atoms with van der Waals surface area (Å²) in [6.45, 7) is 3.99. The van der Waals surface area contributed by atoms with Gasteiger partial charge in [-0.25, -0.2) is 0 Å². The number of likely N-dealkylation sites (tertiary alicyclic amines) is 1. The highest BCUT2D eigenvalue weighted by Gasteiger charge is 2.12. The third kappa shape index (κ3) is 4.22. The second-order valence-corrected chi connectivity index (χ2v) is 5.39. The SMILES string of the molecule is COc1ccc(CN)cc1CN1CCCCCCC1. The van der Waals surface area contributed by atoms with Crippen LogP contribution in [-0.4, -0.2) is 25.1 Å². The fraction of sp³-hybridized carbons (Fsp3) is 0.625. The van der Waals surface area contributed by atoms with Crippen molar-refractivity contribution < 1.29 is 4.74 Å². The van der Waals surface area contributed by atoms with E-state index in [1.54, 1.807) is 7.11 Å². The second kappa shape index (κ2) is 7.51. The van der Waals surface area contributed by atoms with Gasteiger partial charge in [-0.1, -0.05) is 25.3 Å². The van der Waals surface area contributed by atoms with Gasteiger partial charge in [-0.2, -0.15) is 0 Å². The van der Waals surface area contributed by atoms with E-state index >= 15 is 0 Å². The minimum Gasteiger partial charge on any atom is -0.496 e. The predicted octanol–water partition coefficient (Wildman–Crippen LogP) is 2.92. The first kappa shape index (κ1) is 14.4. The Kier molecular flexibility index (Phi) is 5.67. The number of hydrogen-bond acceptors (Lipinski definition) is 3. The molecule has 0 saturated carbocycles. The predicted molar refractivity (Wildman–Crippen MR) is 79.2 cm³/mol. The minimum atomic E-state index is 0.594. The fourth-order valence-electron chi connectivity index (χ4n) is 2.79. The van der Waals surface area contributed by atoms with Gasteiger partial charge in [0.05, 0.1) is 7.11 Å². The molecule has 3 nitrogen and oxygen atoms in total. The van der Waals surface area contributed by atoms with Crippen LogP contribution >= 0.6 is 0 Å². The first-order valence-electron chi connectivity index (χ1n) is 7.41. The largest absolute Gasteiger partial charge is 0.496 e. The highest BCUT2D eigenvalue weighted by atomic mass is 16.5. The second-order valence-electron chi connectivity index (χ2n) is 5.39. The molecule has 0 aromatic heterocycles. The maximum Gasteiger partial charge on any atom is 0.123 e. The van der Waals surface area contributed by atoms with Crippen molar-refractivity contribution in [3.05, 3.63) is 29.3 Å². The lowest BCUT2D eigenvalue weighted by molar-refractivity contribution is 0.236. The molecule has 0 unspecified atom stereocenters. The van der Waals surface area contributed by atoms with Gasteiger partial charge in [0.15, 0.2) is 0 Å². The van der Waals surface area contributed by atoms with Crippen LogP contribution < -0.4 is 10.5 Å². The topological polar surface area (TPSA) is 38.5 Å². The molecule has 1 aliphatic heterocycles. The molecular formula is C16H26N2O. The van der Waals surface area contributed by atoms with Crippen LogP contribution in [0.25, 0.3) is 0 Å². The lowest BCUT2D eigenvalue weighted by Gasteiger charge is -2.25. The van der Waals surface area contributed by atoms with Crippen molar-refractivity contribution in [3.63, 3.8) is 0 Å². The molecule has 1 aromatic rings. The molecular weight excluding hydrogens is 236 g/mol. The maximum absolute atomic E-state index is 5.73. The van der Waals surface area contributed by atoms with E-state index in [1.165, 1.54) is 56.3 Å². The molecule has 1 aromatic carbocycles. The van der Waals surface area contributed by atoms with Crippen LogP contribution in [0.4, 0.5) is 0 Å². The van der Waals surface area contributed by atoms with Gasteiger partial charge in [-0.05, 0) is 43.6 Å². The third-order valence-electron chi connectivity index (χ3n) is 3.92. The van der Waals surface area contributed by atoms with Crippen molar-refractivity contribution in [2.45, 2.75) is 45.2 Å². The third-order valence-corrected chi connectivity index (χ3v) is 3.92. The lowest BCUT2D eigenvalue weighted by atomic mass is 10.1. The summed E-state index contributed by atoms with van der Waals surface area (Å²) in [6.07, 6.45) is 6.78. The molecule has 1 saturated heterocycles. The minimum absolute atomic E-state index is 0.594. The number of ether oxygens (including phenoxy) is 1. The van der Waals surface area contributed by atoms with Crippen LogP contribution in [0.15, 0.2) is 18.2 Å². The van der Waals surface area contributed by atoms with Crippen molar-refractivity contribution in [2.24, 2.45) is 5.73 Å². The zero-order valence-corrected chi connectivity index (χ0v) is 12.0. The zero-order valence-electron chi connectivity index (χ0n) is 12.0. The molecule has 1 heterocycles. The Balaban J connectivity index is 2.06. The van der Waals surface area contributed by atoms with Crippen molar-refractivity contribution in [1.82, 2.24) is 4.90 Å². The molecule has 1 aliphatic rings. The van der Waals surface area contributed by atoms with Crippen molar-refractivity contribution >= 4 is 0 Å². The van der Waals surface area contributed by atoms with E-state index < -0.39 is 0 Å². The van der Waals surface area contributed by atoms with Crippen LogP contribution in [-0.2, 0) is 13.1 Å². The summed E-state index contributed by atoms with van der Waals surface area (Å²) in [6, 6.07) is 6.29. The van der Waals surface area contributed by atoms with Gasteiger partial charge in [0.25, 0.3) is 0 Å². The number of benzene rings is 1.